The van der Waals surface area contributed by atoms with Gasteiger partial charge >= 0.3 is 0 Å². The zero-order valence-corrected chi connectivity index (χ0v) is 11.1. The van der Waals surface area contributed by atoms with Gasteiger partial charge in [0.15, 0.2) is 15.7 Å². The number of carbonyl (C=O) groups excluding carboxylic acids is 1. The second-order valence-electron chi connectivity index (χ2n) is 4.14. The molecule has 0 aliphatic carbocycles. The van der Waals surface area contributed by atoms with Gasteiger partial charge in [0, 0.05) is 12.8 Å². The number of carbonyl (C=O) groups is 1. The molecule has 1 aliphatic heterocycles. The van der Waals surface area contributed by atoms with E-state index < -0.39 is 27.1 Å². The van der Waals surface area contributed by atoms with E-state index in [4.69, 9.17) is 15.7 Å². The lowest BCUT2D eigenvalue weighted by Gasteiger charge is -2.33. The van der Waals surface area contributed by atoms with Gasteiger partial charge in [-0.3, -0.25) is 4.79 Å². The summed E-state index contributed by atoms with van der Waals surface area (Å²) in [7, 11) is -3.44. The van der Waals surface area contributed by atoms with Gasteiger partial charge < -0.3 is 20.6 Å². The van der Waals surface area contributed by atoms with Gasteiger partial charge in [-0.25, -0.2) is 8.42 Å². The zero-order valence-electron chi connectivity index (χ0n) is 10.2. The fourth-order valence-corrected chi connectivity index (χ4v) is 2.05. The summed E-state index contributed by atoms with van der Waals surface area (Å²) in [5.41, 5.74) is 5.39. The van der Waals surface area contributed by atoms with Crippen molar-refractivity contribution in [3.8, 4) is 0 Å². The average molecular weight is 279 g/mol. The van der Waals surface area contributed by atoms with E-state index in [-0.39, 0.29) is 25.5 Å². The van der Waals surface area contributed by atoms with Crippen molar-refractivity contribution >= 4 is 21.6 Å². The van der Waals surface area contributed by atoms with E-state index in [1.807, 2.05) is 0 Å². The molecule has 8 nitrogen and oxygen atoms in total. The number of hydrogen-bond donors (Lipinski definition) is 2. The van der Waals surface area contributed by atoms with Gasteiger partial charge in [0.05, 0.1) is 13.2 Å². The Balaban J connectivity index is 2.76. The molecule has 0 aromatic carbocycles. The van der Waals surface area contributed by atoms with Crippen LogP contribution in [0.3, 0.4) is 0 Å². The number of rotatable bonds is 3. The van der Waals surface area contributed by atoms with Gasteiger partial charge in [-0.1, -0.05) is 5.16 Å². The van der Waals surface area contributed by atoms with E-state index in [0.29, 0.717) is 0 Å². The number of ether oxygens (including phenoxy) is 1. The molecule has 1 aliphatic rings. The molecule has 1 amide bonds. The number of oxime groups is 1. The standard InChI is InChI=1S/C9H17N3O5S/c1-6(18(2,15)16)9(13)12-3-4-17-7(5-12)8(10)11-14/h6-7,14H,3-5H2,1-2H3,(H2,10,11). The monoisotopic (exact) mass is 279 g/mol. The highest BCUT2D eigenvalue weighted by Crippen LogP contribution is 2.10. The summed E-state index contributed by atoms with van der Waals surface area (Å²) in [6, 6.07) is 0. The first-order valence-electron chi connectivity index (χ1n) is 5.34. The molecule has 104 valence electrons. The Kier molecular flexibility index (Phi) is 4.52. The van der Waals surface area contributed by atoms with Crippen LogP contribution in [0, 0.1) is 0 Å². The quantitative estimate of drug-likeness (QED) is 0.277. The second kappa shape index (κ2) is 5.53. The number of hydrogen-bond acceptors (Lipinski definition) is 6. The minimum Gasteiger partial charge on any atom is -0.409 e. The Morgan fingerprint density at radius 1 is 1.61 bits per heavy atom. The first-order chi connectivity index (χ1) is 8.27. The van der Waals surface area contributed by atoms with Crippen molar-refractivity contribution < 1.29 is 23.2 Å². The molecule has 0 radical (unpaired) electrons. The van der Waals surface area contributed by atoms with Gasteiger partial charge in [-0.2, -0.15) is 0 Å². The number of morpholine rings is 1. The minimum atomic E-state index is -3.44. The second-order valence-corrected chi connectivity index (χ2v) is 6.51. The van der Waals surface area contributed by atoms with Gasteiger partial charge in [-0.15, -0.1) is 0 Å². The summed E-state index contributed by atoms with van der Waals surface area (Å²) in [6.07, 6.45) is 0.302. The molecule has 1 fully saturated rings. The average Bonchev–Trinajstić information content (AvgIpc) is 2.35. The van der Waals surface area contributed by atoms with Crippen LogP contribution in [-0.2, 0) is 19.4 Å². The van der Waals surface area contributed by atoms with Crippen molar-refractivity contribution in [2.45, 2.75) is 18.3 Å². The number of nitrogens with two attached hydrogens (primary N) is 1. The summed E-state index contributed by atoms with van der Waals surface area (Å²) in [6.45, 7) is 1.91. The SMILES string of the molecule is CC(C(=O)N1CCOC(C(N)=NO)C1)S(C)(=O)=O. The zero-order chi connectivity index (χ0) is 13.9. The summed E-state index contributed by atoms with van der Waals surface area (Å²) in [5, 5.41) is 10.2. The fourth-order valence-electron chi connectivity index (χ4n) is 1.53. The normalized spacial score (nSPS) is 23.8. The Labute approximate surface area is 105 Å². The predicted octanol–water partition coefficient (Wildman–Crippen LogP) is -1.61. The van der Waals surface area contributed by atoms with Crippen molar-refractivity contribution in [1.29, 1.82) is 0 Å². The first-order valence-corrected chi connectivity index (χ1v) is 7.29. The third-order valence-corrected chi connectivity index (χ3v) is 4.30. The molecule has 18 heavy (non-hydrogen) atoms. The van der Waals surface area contributed by atoms with Crippen molar-refractivity contribution in [2.75, 3.05) is 26.0 Å². The predicted molar refractivity (Wildman–Crippen MR) is 64.0 cm³/mol. The lowest BCUT2D eigenvalue weighted by atomic mass is 10.2. The van der Waals surface area contributed by atoms with E-state index in [1.54, 1.807) is 0 Å². The largest absolute Gasteiger partial charge is 0.409 e. The van der Waals surface area contributed by atoms with Crippen LogP contribution in [0.25, 0.3) is 0 Å². The smallest absolute Gasteiger partial charge is 0.240 e. The molecule has 9 heteroatoms. The molecule has 1 saturated heterocycles. The van der Waals surface area contributed by atoms with Crippen LogP contribution in [0.1, 0.15) is 6.92 Å². The van der Waals surface area contributed by atoms with Crippen LogP contribution in [-0.4, -0.2) is 67.6 Å². The van der Waals surface area contributed by atoms with E-state index in [0.717, 1.165) is 6.26 Å². The van der Waals surface area contributed by atoms with Gasteiger partial charge in [0.25, 0.3) is 0 Å². The molecule has 1 heterocycles. The third-order valence-electron chi connectivity index (χ3n) is 2.81. The summed E-state index contributed by atoms with van der Waals surface area (Å²) in [5.74, 6) is -0.643. The summed E-state index contributed by atoms with van der Waals surface area (Å²) >= 11 is 0. The van der Waals surface area contributed by atoms with E-state index in [1.165, 1.54) is 11.8 Å². The Bertz CT molecular complexity index is 447. The molecular formula is C9H17N3O5S. The van der Waals surface area contributed by atoms with Crippen LogP contribution in [0.2, 0.25) is 0 Å². The maximum atomic E-state index is 11.9. The number of amides is 1. The summed E-state index contributed by atoms with van der Waals surface area (Å²) in [4.78, 5) is 13.3. The van der Waals surface area contributed by atoms with Crippen LogP contribution in [0.15, 0.2) is 5.16 Å². The molecule has 2 unspecified atom stereocenters. The number of sulfone groups is 1. The summed E-state index contributed by atoms with van der Waals surface area (Å²) < 4.78 is 27.9. The van der Waals surface area contributed by atoms with E-state index in [2.05, 4.69) is 5.16 Å². The van der Waals surface area contributed by atoms with Crippen molar-refractivity contribution in [3.05, 3.63) is 0 Å². The lowest BCUT2D eigenvalue weighted by molar-refractivity contribution is -0.135. The van der Waals surface area contributed by atoms with Crippen molar-refractivity contribution in [3.63, 3.8) is 0 Å². The van der Waals surface area contributed by atoms with Crippen LogP contribution >= 0.6 is 0 Å². The molecular weight excluding hydrogens is 262 g/mol. The van der Waals surface area contributed by atoms with Gasteiger partial charge in [0.1, 0.15) is 11.4 Å². The number of nitrogens with zero attached hydrogens (tertiary/aromatic N) is 2. The third kappa shape index (κ3) is 3.33. The molecule has 0 aromatic rings. The Morgan fingerprint density at radius 3 is 2.72 bits per heavy atom. The molecule has 0 bridgehead atoms. The van der Waals surface area contributed by atoms with Crippen molar-refractivity contribution in [1.82, 2.24) is 4.90 Å². The van der Waals surface area contributed by atoms with Crippen molar-refractivity contribution in [2.24, 2.45) is 10.9 Å². The topological polar surface area (TPSA) is 122 Å². The number of amidine groups is 1. The molecule has 3 N–H and O–H groups in total. The van der Waals surface area contributed by atoms with Crippen LogP contribution in [0.4, 0.5) is 0 Å². The highest BCUT2D eigenvalue weighted by atomic mass is 32.2. The molecule has 0 spiro atoms. The highest BCUT2D eigenvalue weighted by molar-refractivity contribution is 7.92. The maximum Gasteiger partial charge on any atom is 0.240 e. The maximum absolute atomic E-state index is 11.9. The van der Waals surface area contributed by atoms with E-state index >= 15 is 0 Å². The van der Waals surface area contributed by atoms with E-state index in [9.17, 15) is 13.2 Å². The Hall–Kier alpha value is -1.35. The van der Waals surface area contributed by atoms with Crippen LogP contribution in [0.5, 0.6) is 0 Å². The fraction of sp³-hybridized carbons (Fsp3) is 0.778. The molecule has 0 aromatic heterocycles. The first kappa shape index (κ1) is 14.7. The Morgan fingerprint density at radius 2 is 2.22 bits per heavy atom. The molecule has 2 atom stereocenters. The van der Waals surface area contributed by atoms with Gasteiger partial charge in [-0.05, 0) is 6.92 Å². The molecule has 1 rings (SSSR count). The van der Waals surface area contributed by atoms with Crippen LogP contribution < -0.4 is 5.73 Å². The highest BCUT2D eigenvalue weighted by Gasteiger charge is 2.33. The van der Waals surface area contributed by atoms with Gasteiger partial charge in [0.2, 0.25) is 5.91 Å². The lowest BCUT2D eigenvalue weighted by Crippen LogP contribution is -2.53. The molecule has 0 saturated carbocycles. The minimum absolute atomic E-state index is 0.0780.